The molecule has 0 saturated carbocycles. The third kappa shape index (κ3) is 3.57. The highest BCUT2D eigenvalue weighted by atomic mass is 16.5. The molecule has 1 unspecified atom stereocenters. The number of fused-ring (bicyclic) bond motifs is 1. The van der Waals surface area contributed by atoms with Crippen LogP contribution in [0.1, 0.15) is 32.6 Å². The number of hydrogen-bond donors (Lipinski definition) is 0. The molecule has 25 heavy (non-hydrogen) atoms. The lowest BCUT2D eigenvalue weighted by Crippen LogP contribution is -2.42. The molecule has 0 aliphatic carbocycles. The Hall–Kier alpha value is -2.26. The first-order valence-electron chi connectivity index (χ1n) is 9.41. The molecule has 1 aliphatic rings. The molecule has 3 heteroatoms. The van der Waals surface area contributed by atoms with E-state index >= 15 is 0 Å². The second kappa shape index (κ2) is 7.32. The lowest BCUT2D eigenvalue weighted by atomic mass is 10.1. The van der Waals surface area contributed by atoms with E-state index in [9.17, 15) is 0 Å². The van der Waals surface area contributed by atoms with Crippen LogP contribution in [0.5, 0.6) is 5.75 Å². The zero-order chi connectivity index (χ0) is 17.1. The van der Waals surface area contributed by atoms with Gasteiger partial charge in [0.1, 0.15) is 5.75 Å². The van der Waals surface area contributed by atoms with E-state index in [1.54, 1.807) is 0 Å². The Balaban J connectivity index is 1.49. The summed E-state index contributed by atoms with van der Waals surface area (Å²) in [5.41, 5.74) is 3.68. The number of benzene rings is 1. The van der Waals surface area contributed by atoms with Gasteiger partial charge in [-0.3, -0.25) is 4.90 Å². The number of aromatic nitrogens is 1. The molecule has 3 nitrogen and oxygen atoms in total. The van der Waals surface area contributed by atoms with Gasteiger partial charge in [0.2, 0.25) is 0 Å². The number of likely N-dealkylation sites (tertiary alicyclic amines) is 1. The maximum absolute atomic E-state index is 6.27. The number of rotatable bonds is 5. The van der Waals surface area contributed by atoms with Crippen molar-refractivity contribution >= 4 is 5.52 Å². The zero-order valence-corrected chi connectivity index (χ0v) is 14.9. The van der Waals surface area contributed by atoms with E-state index in [1.807, 2.05) is 0 Å². The van der Waals surface area contributed by atoms with Crippen LogP contribution in [0.3, 0.4) is 0 Å². The fourth-order valence-corrected chi connectivity index (χ4v) is 3.72. The minimum atomic E-state index is 0.197. The van der Waals surface area contributed by atoms with Crippen molar-refractivity contribution in [3.8, 4) is 16.9 Å². The van der Waals surface area contributed by atoms with Crippen LogP contribution in [-0.2, 0) is 0 Å². The molecule has 0 spiro atoms. The predicted octanol–water partition coefficient (Wildman–Crippen LogP) is 5.21. The number of ether oxygens (including phenoxy) is 1. The van der Waals surface area contributed by atoms with Crippen LogP contribution < -0.4 is 4.74 Å². The van der Waals surface area contributed by atoms with Crippen molar-refractivity contribution in [2.75, 3.05) is 13.1 Å². The molecule has 1 fully saturated rings. The van der Waals surface area contributed by atoms with E-state index in [2.05, 4.69) is 77.1 Å². The van der Waals surface area contributed by atoms with Crippen molar-refractivity contribution in [3.05, 3.63) is 60.9 Å². The van der Waals surface area contributed by atoms with Crippen molar-refractivity contribution in [1.82, 2.24) is 9.30 Å². The van der Waals surface area contributed by atoms with Crippen molar-refractivity contribution in [2.45, 2.75) is 38.8 Å². The number of pyridine rings is 1. The minimum absolute atomic E-state index is 0.197. The zero-order valence-electron chi connectivity index (χ0n) is 14.9. The molecule has 4 rings (SSSR count). The molecule has 130 valence electrons. The number of piperidine rings is 1. The van der Waals surface area contributed by atoms with Gasteiger partial charge in [-0.25, -0.2) is 0 Å². The number of hydrogen-bond acceptors (Lipinski definition) is 2. The first-order valence-corrected chi connectivity index (χ1v) is 9.41. The van der Waals surface area contributed by atoms with E-state index in [0.29, 0.717) is 0 Å². The summed E-state index contributed by atoms with van der Waals surface area (Å²) < 4.78 is 8.43. The van der Waals surface area contributed by atoms with Crippen molar-refractivity contribution in [2.24, 2.45) is 0 Å². The molecular formula is C22H26N2O. The van der Waals surface area contributed by atoms with E-state index in [1.165, 1.54) is 35.9 Å². The van der Waals surface area contributed by atoms with Crippen LogP contribution in [0.4, 0.5) is 0 Å². The van der Waals surface area contributed by atoms with Crippen molar-refractivity contribution in [3.63, 3.8) is 0 Å². The Bertz CT molecular complexity index is 782. The van der Waals surface area contributed by atoms with Gasteiger partial charge in [0, 0.05) is 36.6 Å². The molecule has 3 aromatic rings. The lowest BCUT2D eigenvalue weighted by molar-refractivity contribution is 0.00983. The summed E-state index contributed by atoms with van der Waals surface area (Å²) in [5.74, 6) is 0.963. The highest BCUT2D eigenvalue weighted by Gasteiger charge is 2.20. The highest BCUT2D eigenvalue weighted by Crippen LogP contribution is 2.26. The van der Waals surface area contributed by atoms with Gasteiger partial charge in [-0.2, -0.15) is 0 Å². The van der Waals surface area contributed by atoms with Gasteiger partial charge in [-0.15, -0.1) is 0 Å². The molecule has 0 amide bonds. The molecule has 0 N–H and O–H groups in total. The summed E-state index contributed by atoms with van der Waals surface area (Å²) in [5, 5.41) is 0. The van der Waals surface area contributed by atoms with Crippen molar-refractivity contribution in [1.29, 1.82) is 0 Å². The monoisotopic (exact) mass is 334 g/mol. The second-order valence-corrected chi connectivity index (χ2v) is 6.86. The standard InChI is InChI=1S/C22H26N2O/c1-2-22(23-13-5-3-6-14-23)25-21-11-9-18(10-12-21)19-16-20-8-4-7-15-24(20)17-19/h4,7-12,15-17,22H,2-3,5-6,13-14H2,1H3. The van der Waals surface area contributed by atoms with Crippen LogP contribution in [0.15, 0.2) is 60.9 Å². The molecule has 3 heterocycles. The van der Waals surface area contributed by atoms with E-state index in [0.717, 1.165) is 25.3 Å². The topological polar surface area (TPSA) is 16.9 Å². The lowest BCUT2D eigenvalue weighted by Gasteiger charge is -2.34. The summed E-state index contributed by atoms with van der Waals surface area (Å²) >= 11 is 0. The summed E-state index contributed by atoms with van der Waals surface area (Å²) in [4.78, 5) is 2.48. The number of nitrogens with zero attached hydrogens (tertiary/aromatic N) is 2. The molecule has 1 atom stereocenters. The molecule has 1 saturated heterocycles. The minimum Gasteiger partial charge on any atom is -0.475 e. The van der Waals surface area contributed by atoms with Crippen LogP contribution in [0.25, 0.3) is 16.6 Å². The fraction of sp³-hybridized carbons (Fsp3) is 0.364. The Labute approximate surface area is 149 Å². The highest BCUT2D eigenvalue weighted by molar-refractivity contribution is 5.70. The summed E-state index contributed by atoms with van der Waals surface area (Å²) in [6, 6.07) is 17.0. The third-order valence-electron chi connectivity index (χ3n) is 5.11. The van der Waals surface area contributed by atoms with Crippen LogP contribution in [-0.4, -0.2) is 28.6 Å². The van der Waals surface area contributed by atoms with Gasteiger partial charge in [0.25, 0.3) is 0 Å². The van der Waals surface area contributed by atoms with Crippen LogP contribution in [0.2, 0.25) is 0 Å². The Morgan fingerprint density at radius 2 is 1.76 bits per heavy atom. The predicted molar refractivity (Wildman–Crippen MR) is 103 cm³/mol. The summed E-state index contributed by atoms with van der Waals surface area (Å²) in [7, 11) is 0. The SMILES string of the molecule is CCC(Oc1ccc(-c2cc3ccccn3c2)cc1)N1CCCCC1. The van der Waals surface area contributed by atoms with Crippen LogP contribution in [0, 0.1) is 0 Å². The average Bonchev–Trinajstić information content (AvgIpc) is 3.11. The quantitative estimate of drug-likeness (QED) is 0.637. The first-order chi connectivity index (χ1) is 12.3. The maximum atomic E-state index is 6.27. The Morgan fingerprint density at radius 1 is 0.960 bits per heavy atom. The van der Waals surface area contributed by atoms with Gasteiger partial charge in [0.15, 0.2) is 6.23 Å². The molecule has 2 aromatic heterocycles. The summed E-state index contributed by atoms with van der Waals surface area (Å²) in [6.07, 6.45) is 9.42. The van der Waals surface area contributed by atoms with Gasteiger partial charge in [-0.1, -0.05) is 31.5 Å². The summed E-state index contributed by atoms with van der Waals surface area (Å²) in [6.45, 7) is 4.53. The Morgan fingerprint density at radius 3 is 2.48 bits per heavy atom. The first kappa shape index (κ1) is 16.2. The van der Waals surface area contributed by atoms with Crippen molar-refractivity contribution < 1.29 is 4.74 Å². The van der Waals surface area contributed by atoms with Crippen LogP contribution >= 0.6 is 0 Å². The maximum Gasteiger partial charge on any atom is 0.152 e. The second-order valence-electron chi connectivity index (χ2n) is 6.86. The van der Waals surface area contributed by atoms with Gasteiger partial charge >= 0.3 is 0 Å². The Kier molecular flexibility index (Phi) is 4.75. The fourth-order valence-electron chi connectivity index (χ4n) is 3.72. The average molecular weight is 334 g/mol. The molecule has 0 radical (unpaired) electrons. The van der Waals surface area contributed by atoms with Gasteiger partial charge < -0.3 is 9.14 Å². The molecule has 1 aliphatic heterocycles. The van der Waals surface area contributed by atoms with Gasteiger partial charge in [0.05, 0.1) is 0 Å². The van der Waals surface area contributed by atoms with E-state index < -0.39 is 0 Å². The largest absolute Gasteiger partial charge is 0.475 e. The molecule has 0 bridgehead atoms. The smallest absolute Gasteiger partial charge is 0.152 e. The molecule has 1 aromatic carbocycles. The molecular weight excluding hydrogens is 308 g/mol. The van der Waals surface area contributed by atoms with E-state index in [-0.39, 0.29) is 6.23 Å². The third-order valence-corrected chi connectivity index (χ3v) is 5.11. The normalized spacial score (nSPS) is 16.8. The van der Waals surface area contributed by atoms with Gasteiger partial charge in [-0.05, 0) is 55.2 Å². The van der Waals surface area contributed by atoms with E-state index in [4.69, 9.17) is 4.74 Å².